The van der Waals surface area contributed by atoms with E-state index in [1.165, 1.54) is 40.5 Å². The van der Waals surface area contributed by atoms with Crippen molar-refractivity contribution in [3.05, 3.63) is 25.3 Å². The van der Waals surface area contributed by atoms with Gasteiger partial charge in [0.15, 0.2) is 48.9 Å². The lowest BCUT2D eigenvalue weighted by atomic mass is 9.90. The van der Waals surface area contributed by atoms with E-state index in [0.29, 0.717) is 6.61 Å². The van der Waals surface area contributed by atoms with Gasteiger partial charge in [0.25, 0.3) is 0 Å². The number of rotatable bonds is 12. The molecule has 65 heavy (non-hydrogen) atoms. The predicted octanol–water partition coefficient (Wildman–Crippen LogP) is 4.29. The molecule has 8 unspecified atom stereocenters. The number of hydrogen-bond acceptors (Lipinski definition) is 19. The SMILES string of the molecule is C=CCO[C@H]1OC(C)[C@H](OC(C)=O)C(O[C@@H]2OC(C)[C@H](C)[C@@H]3OC(C)(C)OC23)[C@H]1C.C=CCO[C@H]1OC(C)[C@H](OC(C)=O)C(O[C@@H]2OC(C)[C@H](C)[C@@H]3OC(C)(C)OC23)[C@H]1O.S=S=S=S=S. The second kappa shape index (κ2) is 25.2. The van der Waals surface area contributed by atoms with Crippen LogP contribution in [0.5, 0.6) is 0 Å². The molecule has 0 saturated carbocycles. The lowest BCUT2D eigenvalue weighted by Gasteiger charge is -2.47. The fourth-order valence-corrected chi connectivity index (χ4v) is 11.4. The lowest BCUT2D eigenvalue weighted by molar-refractivity contribution is -0.344. The summed E-state index contributed by atoms with van der Waals surface area (Å²) in [6.07, 6.45) is -6.43. The van der Waals surface area contributed by atoms with Gasteiger partial charge in [0.1, 0.15) is 30.5 Å². The van der Waals surface area contributed by atoms with Crippen molar-refractivity contribution < 1.29 is 81.0 Å². The molecule has 0 spiro atoms. The van der Waals surface area contributed by atoms with Crippen LogP contribution in [0.2, 0.25) is 0 Å². The minimum atomic E-state index is -1.22. The molecule has 6 fully saturated rings. The summed E-state index contributed by atoms with van der Waals surface area (Å²) in [5.74, 6) is -2.40. The summed E-state index contributed by atoms with van der Waals surface area (Å²) >= 11 is 8.89. The highest BCUT2D eigenvalue weighted by molar-refractivity contribution is 8.59. The molecule has 0 amide bonds. The first-order valence-electron chi connectivity index (χ1n) is 21.9. The zero-order chi connectivity index (χ0) is 48.6. The van der Waals surface area contributed by atoms with Crippen molar-refractivity contribution in [2.24, 2.45) is 17.8 Å². The van der Waals surface area contributed by atoms with Crippen LogP contribution in [-0.2, 0) is 125 Å². The third kappa shape index (κ3) is 15.0. The van der Waals surface area contributed by atoms with Gasteiger partial charge >= 0.3 is 11.9 Å². The molecule has 0 bridgehead atoms. The Hall–Kier alpha value is -1.00. The minimum absolute atomic E-state index is 0.0821. The Kier molecular flexibility index (Phi) is 22.0. The van der Waals surface area contributed by atoms with Crippen LogP contribution in [0.3, 0.4) is 0 Å². The van der Waals surface area contributed by atoms with Crippen LogP contribution in [0, 0.1) is 17.8 Å². The van der Waals surface area contributed by atoms with Gasteiger partial charge in [0.2, 0.25) is 0 Å². The molecule has 20 atom stereocenters. The highest BCUT2D eigenvalue weighted by Crippen LogP contribution is 2.44. The Morgan fingerprint density at radius 3 is 1.34 bits per heavy atom. The quantitative estimate of drug-likeness (QED) is 0.216. The number of hydrogen-bond donors (Lipinski definition) is 1. The monoisotopic (exact) mass is 1020 g/mol. The van der Waals surface area contributed by atoms with E-state index in [-0.39, 0.29) is 54.9 Å². The summed E-state index contributed by atoms with van der Waals surface area (Å²) in [6.45, 7) is 31.5. The van der Waals surface area contributed by atoms with Crippen LogP contribution in [0.15, 0.2) is 25.3 Å². The second-order valence-electron chi connectivity index (χ2n) is 17.8. The largest absolute Gasteiger partial charge is 0.457 e. The number of ether oxygens (including phenoxy) is 14. The van der Waals surface area contributed by atoms with Crippen LogP contribution in [-0.4, -0.2) is 146 Å². The molecule has 0 aromatic rings. The topological polar surface area (TPSA) is 184 Å². The third-order valence-electron chi connectivity index (χ3n) is 11.9. The maximum atomic E-state index is 11.8. The van der Waals surface area contributed by atoms with E-state index in [1.807, 2.05) is 62.3 Å². The molecule has 6 rings (SSSR count). The van der Waals surface area contributed by atoms with Gasteiger partial charge in [-0.25, -0.2) is 0 Å². The number of esters is 2. The van der Waals surface area contributed by atoms with Gasteiger partial charge in [-0.1, -0.05) is 32.9 Å². The fraction of sp³-hybridized carbons (Fsp3) is 0.860. The molecule has 0 aliphatic carbocycles. The van der Waals surface area contributed by atoms with Crippen LogP contribution in [0.25, 0.3) is 0 Å². The van der Waals surface area contributed by atoms with Gasteiger partial charge in [-0.15, -0.1) is 13.2 Å². The van der Waals surface area contributed by atoms with Crippen molar-refractivity contribution in [2.75, 3.05) is 13.2 Å². The predicted molar refractivity (Wildman–Crippen MR) is 248 cm³/mol. The Bertz CT molecular complexity index is 1610. The van der Waals surface area contributed by atoms with E-state index in [4.69, 9.17) is 66.3 Å². The van der Waals surface area contributed by atoms with E-state index < -0.39 is 97.5 Å². The molecular weight excluding hydrogens is 949 g/mol. The first-order valence-corrected chi connectivity index (χ1v) is 27.2. The van der Waals surface area contributed by atoms with Crippen molar-refractivity contribution in [3.8, 4) is 0 Å². The average Bonchev–Trinajstić information content (AvgIpc) is 3.75. The van der Waals surface area contributed by atoms with Crippen LogP contribution in [0.1, 0.15) is 90.0 Å². The van der Waals surface area contributed by atoms with E-state index in [2.05, 4.69) is 42.5 Å². The Morgan fingerprint density at radius 1 is 0.569 bits per heavy atom. The van der Waals surface area contributed by atoms with E-state index in [0.717, 1.165) is 0 Å². The summed E-state index contributed by atoms with van der Waals surface area (Å²) < 4.78 is 83.4. The van der Waals surface area contributed by atoms with Crippen LogP contribution in [0.4, 0.5) is 0 Å². The first-order chi connectivity index (χ1) is 30.5. The fourth-order valence-electron chi connectivity index (χ4n) is 8.61. The second-order valence-corrected chi connectivity index (χ2v) is 23.1. The molecule has 6 aliphatic rings. The number of carbonyl (C=O) groups is 2. The number of aliphatic hydroxyl groups is 1. The summed E-state index contributed by atoms with van der Waals surface area (Å²) in [4.78, 5) is 23.4. The minimum Gasteiger partial charge on any atom is -0.457 e. The zero-order valence-corrected chi connectivity index (χ0v) is 43.6. The van der Waals surface area contributed by atoms with Gasteiger partial charge in [0, 0.05) is 80.6 Å². The summed E-state index contributed by atoms with van der Waals surface area (Å²) in [5.41, 5.74) is 0. The standard InChI is InChI=1S/C22H36O8.C21H34O9.S5/c1-9-10-24-20-12(3)16(18(14(5)26-20)27-15(6)23)28-21-19-17(11(2)13(4)25-21)29-22(7,8)30-19;1-8-9-24-19-14(23)17(16(12(4)26-19)27-13(5)22)28-20-18-15(10(2)11(3)25-20)29-21(6,7)30-18;1-3-5-4-2/h9,11-14,16-21H,1,10H2,2-8H3;8,10-12,14-20,23H,1,9H2,2-7H3;/t11-,12+,13?,14?,16?,17-,18-,19?,20-,21-;10-,11?,12?,14+,15-,16-,17?,18?,19-,20-;/m00./s1. The molecular formula is C43H70O17S5. The molecule has 374 valence electrons. The lowest BCUT2D eigenvalue weighted by Crippen LogP contribution is -2.62. The van der Waals surface area contributed by atoms with Crippen molar-refractivity contribution in [2.45, 2.75) is 206 Å². The van der Waals surface area contributed by atoms with E-state index in [9.17, 15) is 14.7 Å². The first kappa shape index (κ1) is 56.6. The van der Waals surface area contributed by atoms with E-state index in [1.54, 1.807) is 19.1 Å². The molecule has 1 N–H and O–H groups in total. The van der Waals surface area contributed by atoms with Gasteiger partial charge in [-0.3, -0.25) is 9.59 Å². The van der Waals surface area contributed by atoms with Gasteiger partial charge in [0.05, 0.1) is 49.8 Å². The average molecular weight is 1020 g/mol. The molecule has 6 aliphatic heterocycles. The van der Waals surface area contributed by atoms with Crippen LogP contribution >= 0.6 is 0 Å². The van der Waals surface area contributed by atoms with Crippen LogP contribution < -0.4 is 0 Å². The zero-order valence-electron chi connectivity index (χ0n) is 39.6. The van der Waals surface area contributed by atoms with Crippen molar-refractivity contribution >= 4 is 61.0 Å². The van der Waals surface area contributed by atoms with Crippen molar-refractivity contribution in [3.63, 3.8) is 0 Å². The van der Waals surface area contributed by atoms with Crippen molar-refractivity contribution in [1.29, 1.82) is 0 Å². The Morgan fingerprint density at radius 2 is 0.938 bits per heavy atom. The number of carbonyl (C=O) groups excluding carboxylic acids is 2. The van der Waals surface area contributed by atoms with Gasteiger partial charge in [-0.2, -0.15) is 0 Å². The Balaban J connectivity index is 0.000000258. The summed E-state index contributed by atoms with van der Waals surface area (Å²) in [6, 6.07) is 0. The molecule has 6 heterocycles. The normalized spacial score (nSPS) is 42.5. The maximum Gasteiger partial charge on any atom is 0.303 e. The number of fused-ring (bicyclic) bond motifs is 2. The molecule has 22 heteroatoms. The summed E-state index contributed by atoms with van der Waals surface area (Å²) in [7, 11) is 3.95. The molecule has 0 radical (unpaired) electrons. The Labute approximate surface area is 402 Å². The third-order valence-corrected chi connectivity index (χ3v) is 16.4. The highest BCUT2D eigenvalue weighted by atomic mass is 33.3. The smallest absolute Gasteiger partial charge is 0.303 e. The van der Waals surface area contributed by atoms with Gasteiger partial charge < -0.3 is 71.4 Å². The van der Waals surface area contributed by atoms with E-state index >= 15 is 0 Å². The number of aliphatic hydroxyl groups excluding tert-OH is 1. The molecule has 6 saturated heterocycles. The van der Waals surface area contributed by atoms with Crippen molar-refractivity contribution in [1.82, 2.24) is 0 Å². The van der Waals surface area contributed by atoms with Gasteiger partial charge in [-0.05, 0) is 55.4 Å². The maximum absolute atomic E-state index is 11.8. The molecule has 0 aromatic heterocycles. The highest BCUT2D eigenvalue weighted by Gasteiger charge is 2.58. The molecule has 0 aromatic carbocycles. The summed E-state index contributed by atoms with van der Waals surface area (Å²) in [5, 5.41) is 10.9. The molecule has 17 nitrogen and oxygen atoms in total.